The van der Waals surface area contributed by atoms with Gasteiger partial charge >= 0.3 is 0 Å². The quantitative estimate of drug-likeness (QED) is 0.650. The fraction of sp³-hybridized carbons (Fsp3) is 0.571. The van der Waals surface area contributed by atoms with E-state index in [1.54, 1.807) is 18.2 Å². The highest BCUT2D eigenvalue weighted by atomic mass is 16.6. The molecule has 0 heterocycles. The van der Waals surface area contributed by atoms with Gasteiger partial charge in [-0.3, -0.25) is 10.1 Å². The van der Waals surface area contributed by atoms with Crippen molar-refractivity contribution in [3.8, 4) is 0 Å². The normalized spacial score (nSPS) is 23.6. The fourth-order valence-corrected chi connectivity index (χ4v) is 2.72. The molecule has 0 aromatic heterocycles. The third-order valence-electron chi connectivity index (χ3n) is 3.94. The van der Waals surface area contributed by atoms with Crippen LogP contribution in [0.25, 0.3) is 0 Å². The summed E-state index contributed by atoms with van der Waals surface area (Å²) in [6.07, 6.45) is 5.12. The van der Waals surface area contributed by atoms with Crippen molar-refractivity contribution in [1.82, 2.24) is 0 Å². The molecule has 2 unspecified atom stereocenters. The molecule has 0 aliphatic heterocycles. The first-order chi connectivity index (χ1) is 8.68. The zero-order valence-corrected chi connectivity index (χ0v) is 10.8. The Morgan fingerprint density at radius 3 is 2.78 bits per heavy atom. The van der Waals surface area contributed by atoms with Crippen molar-refractivity contribution in [2.75, 3.05) is 11.9 Å². The second-order valence-corrected chi connectivity index (χ2v) is 5.18. The molecule has 1 aliphatic carbocycles. The third kappa shape index (κ3) is 3.00. The van der Waals surface area contributed by atoms with Gasteiger partial charge in [0.2, 0.25) is 0 Å². The van der Waals surface area contributed by atoms with Crippen molar-refractivity contribution in [3.63, 3.8) is 0 Å². The summed E-state index contributed by atoms with van der Waals surface area (Å²) in [7, 11) is 0. The minimum Gasteiger partial charge on any atom is -0.379 e. The van der Waals surface area contributed by atoms with Gasteiger partial charge in [0.15, 0.2) is 0 Å². The molecule has 0 bridgehead atoms. The molecule has 2 rings (SSSR count). The van der Waals surface area contributed by atoms with Crippen LogP contribution in [0.15, 0.2) is 24.3 Å². The summed E-state index contributed by atoms with van der Waals surface area (Å²) in [6, 6.07) is 6.87. The van der Waals surface area contributed by atoms with E-state index in [1.165, 1.54) is 25.7 Å². The van der Waals surface area contributed by atoms with Crippen LogP contribution in [0.4, 0.5) is 11.4 Å². The molecule has 2 atom stereocenters. The molecule has 0 radical (unpaired) electrons. The maximum absolute atomic E-state index is 10.9. The molecule has 98 valence electrons. The Labute approximate surface area is 108 Å². The summed E-state index contributed by atoms with van der Waals surface area (Å²) in [6.45, 7) is 3.12. The van der Waals surface area contributed by atoms with Crippen molar-refractivity contribution in [1.29, 1.82) is 0 Å². The Morgan fingerprint density at radius 1 is 1.33 bits per heavy atom. The highest BCUT2D eigenvalue weighted by Gasteiger charge is 2.22. The highest BCUT2D eigenvalue weighted by molar-refractivity contribution is 5.61. The smallest absolute Gasteiger partial charge is 0.292 e. The van der Waals surface area contributed by atoms with Gasteiger partial charge in [-0.05, 0) is 24.3 Å². The minimum atomic E-state index is -0.327. The number of para-hydroxylation sites is 2. The zero-order valence-electron chi connectivity index (χ0n) is 10.8. The van der Waals surface area contributed by atoms with E-state index in [0.717, 1.165) is 6.54 Å². The standard InChI is InChI=1S/C14H20N2O2/c1-11-6-2-3-7-12(11)10-15-13-8-4-5-9-14(13)16(17)18/h4-5,8-9,11-12,15H,2-3,6-7,10H2,1H3. The minimum absolute atomic E-state index is 0.168. The first kappa shape index (κ1) is 12.9. The lowest BCUT2D eigenvalue weighted by Crippen LogP contribution is -2.24. The van der Waals surface area contributed by atoms with Crippen LogP contribution in [0.5, 0.6) is 0 Å². The maximum atomic E-state index is 10.9. The lowest BCUT2D eigenvalue weighted by atomic mass is 9.80. The number of rotatable bonds is 4. The number of nitro groups is 1. The lowest BCUT2D eigenvalue weighted by Gasteiger charge is -2.29. The molecule has 4 heteroatoms. The Kier molecular flexibility index (Phi) is 4.18. The Morgan fingerprint density at radius 2 is 2.06 bits per heavy atom. The second kappa shape index (κ2) is 5.85. The van der Waals surface area contributed by atoms with Crippen LogP contribution in [0.2, 0.25) is 0 Å². The van der Waals surface area contributed by atoms with Gasteiger partial charge < -0.3 is 5.32 Å². The van der Waals surface area contributed by atoms with Gasteiger partial charge in [0.25, 0.3) is 5.69 Å². The summed E-state index contributed by atoms with van der Waals surface area (Å²) in [5, 5.41) is 14.2. The van der Waals surface area contributed by atoms with Gasteiger partial charge in [0, 0.05) is 12.6 Å². The van der Waals surface area contributed by atoms with Crippen LogP contribution in [0.1, 0.15) is 32.6 Å². The van der Waals surface area contributed by atoms with Crippen LogP contribution in [-0.4, -0.2) is 11.5 Å². The number of hydrogen-bond donors (Lipinski definition) is 1. The molecule has 0 amide bonds. The van der Waals surface area contributed by atoms with E-state index in [9.17, 15) is 10.1 Å². The fourth-order valence-electron chi connectivity index (χ4n) is 2.72. The number of benzene rings is 1. The first-order valence-corrected chi connectivity index (χ1v) is 6.66. The molecule has 1 N–H and O–H groups in total. The van der Waals surface area contributed by atoms with Gasteiger partial charge in [-0.15, -0.1) is 0 Å². The van der Waals surface area contributed by atoms with Crippen LogP contribution in [-0.2, 0) is 0 Å². The predicted molar refractivity (Wildman–Crippen MR) is 72.7 cm³/mol. The molecule has 1 aromatic rings. The molecule has 1 aliphatic rings. The molecular weight excluding hydrogens is 228 g/mol. The van der Waals surface area contributed by atoms with Crippen molar-refractivity contribution in [2.45, 2.75) is 32.6 Å². The van der Waals surface area contributed by atoms with Crippen LogP contribution in [0, 0.1) is 22.0 Å². The average Bonchev–Trinajstić information content (AvgIpc) is 2.38. The molecule has 18 heavy (non-hydrogen) atoms. The maximum Gasteiger partial charge on any atom is 0.292 e. The molecule has 1 aromatic carbocycles. The van der Waals surface area contributed by atoms with E-state index in [0.29, 0.717) is 17.5 Å². The number of anilines is 1. The van der Waals surface area contributed by atoms with Crippen molar-refractivity contribution >= 4 is 11.4 Å². The summed E-state index contributed by atoms with van der Waals surface area (Å²) in [5.74, 6) is 1.35. The molecule has 1 saturated carbocycles. The molecule has 0 saturated heterocycles. The largest absolute Gasteiger partial charge is 0.379 e. The van der Waals surface area contributed by atoms with Crippen LogP contribution < -0.4 is 5.32 Å². The first-order valence-electron chi connectivity index (χ1n) is 6.66. The van der Waals surface area contributed by atoms with Crippen molar-refractivity contribution in [3.05, 3.63) is 34.4 Å². The SMILES string of the molecule is CC1CCCCC1CNc1ccccc1[N+](=O)[O-]. The van der Waals surface area contributed by atoms with Gasteiger partial charge in [-0.2, -0.15) is 0 Å². The third-order valence-corrected chi connectivity index (χ3v) is 3.94. The Bertz CT molecular complexity index is 420. The highest BCUT2D eigenvalue weighted by Crippen LogP contribution is 2.31. The number of nitrogens with one attached hydrogen (secondary N) is 1. The summed E-state index contributed by atoms with van der Waals surface area (Å²) >= 11 is 0. The summed E-state index contributed by atoms with van der Waals surface area (Å²) in [4.78, 5) is 10.6. The second-order valence-electron chi connectivity index (χ2n) is 5.18. The molecule has 0 spiro atoms. The Balaban J connectivity index is 1.99. The molecule has 4 nitrogen and oxygen atoms in total. The van der Waals surface area contributed by atoms with E-state index in [1.807, 2.05) is 6.07 Å². The van der Waals surface area contributed by atoms with Gasteiger partial charge in [0.05, 0.1) is 4.92 Å². The van der Waals surface area contributed by atoms with E-state index in [-0.39, 0.29) is 10.6 Å². The Hall–Kier alpha value is -1.58. The lowest BCUT2D eigenvalue weighted by molar-refractivity contribution is -0.384. The van der Waals surface area contributed by atoms with Crippen LogP contribution in [0.3, 0.4) is 0 Å². The van der Waals surface area contributed by atoms with Gasteiger partial charge in [0.1, 0.15) is 5.69 Å². The number of nitrogens with zero attached hydrogens (tertiary/aromatic N) is 1. The average molecular weight is 248 g/mol. The summed E-state index contributed by atoms with van der Waals surface area (Å²) in [5.41, 5.74) is 0.807. The van der Waals surface area contributed by atoms with Gasteiger partial charge in [-0.25, -0.2) is 0 Å². The molecular formula is C14H20N2O2. The van der Waals surface area contributed by atoms with E-state index in [4.69, 9.17) is 0 Å². The topological polar surface area (TPSA) is 55.2 Å². The zero-order chi connectivity index (χ0) is 13.0. The molecule has 1 fully saturated rings. The van der Waals surface area contributed by atoms with E-state index < -0.39 is 0 Å². The van der Waals surface area contributed by atoms with Crippen molar-refractivity contribution in [2.24, 2.45) is 11.8 Å². The van der Waals surface area contributed by atoms with Crippen LogP contribution >= 0.6 is 0 Å². The van der Waals surface area contributed by atoms with Gasteiger partial charge in [-0.1, -0.05) is 38.3 Å². The summed E-state index contributed by atoms with van der Waals surface area (Å²) < 4.78 is 0. The van der Waals surface area contributed by atoms with E-state index in [2.05, 4.69) is 12.2 Å². The van der Waals surface area contributed by atoms with Crippen molar-refractivity contribution < 1.29 is 4.92 Å². The number of nitro benzene ring substituents is 1. The number of hydrogen-bond acceptors (Lipinski definition) is 3. The predicted octanol–water partition coefficient (Wildman–Crippen LogP) is 3.83. The van der Waals surface area contributed by atoms with E-state index >= 15 is 0 Å². The monoisotopic (exact) mass is 248 g/mol.